The maximum absolute atomic E-state index is 14.5. The second kappa shape index (κ2) is 39.5. The number of hydrogen-bond acceptors (Lipinski definition) is 18. The molecule has 83 heavy (non-hydrogen) atoms. The number of rotatable bonds is 30. The SMILES string of the molecule is CCCCCCCC(=O)C[C@@H](CCN)C(=O)N[C@H](C(=O)C[C@@H](CO)C(=O)N[C@H]1CCNC(=O)[C@H]([C@@H](C)O)NC(=O)[C@H](CCN)CC(=O)[C@H](CCN)NC(=O)[C@H](CC(C)C)NC(=O)[C@@H](Cc2ccccc2)CC(=O)[C@H](CCN)NC1=O)[C@@H](C)O. The van der Waals surface area contributed by atoms with E-state index in [4.69, 9.17) is 22.9 Å². The first kappa shape index (κ1) is 73.0. The van der Waals surface area contributed by atoms with Gasteiger partial charge in [-0.25, -0.2) is 0 Å². The van der Waals surface area contributed by atoms with Crippen molar-refractivity contribution in [3.63, 3.8) is 0 Å². The number of aliphatic hydroxyl groups is 3. The van der Waals surface area contributed by atoms with Crippen molar-refractivity contribution in [2.75, 3.05) is 39.3 Å². The molecule has 0 aliphatic carbocycles. The van der Waals surface area contributed by atoms with E-state index >= 15 is 0 Å². The number of nitrogens with two attached hydrogens (primary N) is 4. The number of aliphatic hydroxyl groups excluding tert-OH is 3. The van der Waals surface area contributed by atoms with Gasteiger partial charge in [0.25, 0.3) is 0 Å². The van der Waals surface area contributed by atoms with E-state index in [-0.39, 0.29) is 89.2 Å². The van der Waals surface area contributed by atoms with Crippen LogP contribution in [0.25, 0.3) is 0 Å². The van der Waals surface area contributed by atoms with E-state index < -0.39 is 170 Å². The standard InChI is InChI=1S/C58H97N11O14/c1-6-7-8-9-13-16-42(73)29-38(17-22-59)52(77)68-50(35(4)71)49(76)32-41(33-70)55(80)66-45-21-26-63-58(83)51(36(5)72)69-53(78)39(18-23-60)30-47(74)43(19-24-61)65-57(82)46(27-34(2)3)67-54(79)40(28-37-14-11-10-12-15-37)31-48(75)44(20-25-62)64-56(45)81/h10-12,14-15,34-36,38-41,43-46,50-51,70-72H,6-9,13,16-33,59-62H2,1-5H3,(H,63,83)(H,64,81)(H,65,82)(H,66,80)(H,67,79)(H,68,77)(H,69,78)/t35-,36-,38-,39-,40+,41+,43+,44+,45+,46+,50+,51+/m1/s1. The summed E-state index contributed by atoms with van der Waals surface area (Å²) in [5.74, 6) is -13.4. The zero-order valence-corrected chi connectivity index (χ0v) is 49.3. The molecule has 1 aliphatic heterocycles. The first-order valence-electron chi connectivity index (χ1n) is 29.5. The number of carbonyl (C=O) groups is 11. The Morgan fingerprint density at radius 1 is 0.651 bits per heavy atom. The number of hydrogen-bond donors (Lipinski definition) is 14. The Hall–Kier alpha value is -6.09. The van der Waals surface area contributed by atoms with Gasteiger partial charge in [-0.3, -0.25) is 52.7 Å². The highest BCUT2D eigenvalue weighted by atomic mass is 16.3. The van der Waals surface area contributed by atoms with Crippen LogP contribution < -0.4 is 60.2 Å². The fraction of sp³-hybridized carbons (Fsp3) is 0.707. The van der Waals surface area contributed by atoms with Crippen molar-refractivity contribution < 1.29 is 68.1 Å². The van der Waals surface area contributed by atoms with E-state index in [9.17, 15) is 68.1 Å². The molecule has 1 saturated heterocycles. The van der Waals surface area contributed by atoms with E-state index in [0.717, 1.165) is 25.7 Å². The normalized spacial score (nSPS) is 23.0. The molecule has 0 radical (unpaired) electrons. The summed E-state index contributed by atoms with van der Waals surface area (Å²) in [5.41, 5.74) is 24.2. The highest BCUT2D eigenvalue weighted by Gasteiger charge is 2.38. The third-order valence-corrected chi connectivity index (χ3v) is 14.7. The van der Waals surface area contributed by atoms with Gasteiger partial charge < -0.3 is 75.5 Å². The average Bonchev–Trinajstić information content (AvgIpc) is 3.44. The van der Waals surface area contributed by atoms with Crippen LogP contribution in [0.5, 0.6) is 0 Å². The molecule has 0 unspecified atom stereocenters. The lowest BCUT2D eigenvalue weighted by atomic mass is 9.89. The molecule has 2 rings (SSSR count). The summed E-state index contributed by atoms with van der Waals surface area (Å²) >= 11 is 0. The fourth-order valence-electron chi connectivity index (χ4n) is 9.82. The Balaban J connectivity index is 2.65. The van der Waals surface area contributed by atoms with Crippen molar-refractivity contribution in [3.05, 3.63) is 35.9 Å². The molecular weight excluding hydrogens is 1070 g/mol. The molecule has 18 N–H and O–H groups in total. The van der Waals surface area contributed by atoms with E-state index in [2.05, 4.69) is 44.1 Å². The molecule has 0 aromatic heterocycles. The number of unbranched alkanes of at least 4 members (excludes halogenated alkanes) is 4. The van der Waals surface area contributed by atoms with E-state index in [0.29, 0.717) is 12.0 Å². The molecular formula is C58H97N11O14. The fourth-order valence-corrected chi connectivity index (χ4v) is 9.82. The number of ketones is 4. The third kappa shape index (κ3) is 26.6. The second-order valence-electron chi connectivity index (χ2n) is 22.3. The van der Waals surface area contributed by atoms with Gasteiger partial charge in [-0.1, -0.05) is 76.8 Å². The van der Waals surface area contributed by atoms with Crippen LogP contribution in [0.4, 0.5) is 0 Å². The molecule has 0 bridgehead atoms. The summed E-state index contributed by atoms with van der Waals surface area (Å²) in [4.78, 5) is 154. The monoisotopic (exact) mass is 1170 g/mol. The van der Waals surface area contributed by atoms with Crippen molar-refractivity contribution in [1.82, 2.24) is 37.2 Å². The zero-order valence-electron chi connectivity index (χ0n) is 49.3. The van der Waals surface area contributed by atoms with Crippen molar-refractivity contribution in [1.29, 1.82) is 0 Å². The van der Waals surface area contributed by atoms with Gasteiger partial charge in [-0.2, -0.15) is 0 Å². The van der Waals surface area contributed by atoms with Gasteiger partial charge >= 0.3 is 0 Å². The van der Waals surface area contributed by atoms with Crippen molar-refractivity contribution in [2.24, 2.45) is 52.5 Å². The van der Waals surface area contributed by atoms with Crippen LogP contribution in [-0.2, 0) is 59.2 Å². The number of Topliss-reactive ketones (excluding diaryl/α,β-unsaturated/α-hetero) is 4. The largest absolute Gasteiger partial charge is 0.396 e. The summed E-state index contributed by atoms with van der Waals surface area (Å²) in [5, 5.41) is 50.1. The van der Waals surface area contributed by atoms with Gasteiger partial charge in [-0.05, 0) is 103 Å². The summed E-state index contributed by atoms with van der Waals surface area (Å²) < 4.78 is 0. The van der Waals surface area contributed by atoms with Crippen LogP contribution in [0.1, 0.15) is 143 Å². The minimum Gasteiger partial charge on any atom is -0.396 e. The Morgan fingerprint density at radius 2 is 1.23 bits per heavy atom. The minimum absolute atomic E-state index is 0.00346. The highest BCUT2D eigenvalue weighted by molar-refractivity contribution is 5.99. The lowest BCUT2D eigenvalue weighted by molar-refractivity contribution is -0.137. The molecule has 1 aromatic rings. The maximum Gasteiger partial charge on any atom is 0.245 e. The molecule has 1 aromatic carbocycles. The van der Waals surface area contributed by atoms with Gasteiger partial charge in [-0.15, -0.1) is 0 Å². The number of amides is 7. The smallest absolute Gasteiger partial charge is 0.245 e. The van der Waals surface area contributed by atoms with Crippen LogP contribution in [0.3, 0.4) is 0 Å². The first-order chi connectivity index (χ1) is 39.4. The molecule has 7 amide bonds. The van der Waals surface area contributed by atoms with Gasteiger partial charge in [0.05, 0.1) is 36.8 Å². The van der Waals surface area contributed by atoms with Crippen molar-refractivity contribution >= 4 is 64.5 Å². The Morgan fingerprint density at radius 3 is 1.78 bits per heavy atom. The lowest BCUT2D eigenvalue weighted by Crippen LogP contribution is -2.56. The van der Waals surface area contributed by atoms with Gasteiger partial charge in [0.1, 0.15) is 30.0 Å². The topological polar surface area (TPSA) is 437 Å². The predicted octanol–water partition coefficient (Wildman–Crippen LogP) is -1.48. The van der Waals surface area contributed by atoms with Gasteiger partial charge in [0, 0.05) is 56.4 Å². The van der Waals surface area contributed by atoms with Crippen LogP contribution >= 0.6 is 0 Å². The molecule has 25 nitrogen and oxygen atoms in total. The number of nitrogens with one attached hydrogen (secondary N) is 7. The van der Waals surface area contributed by atoms with Crippen LogP contribution in [0.15, 0.2) is 30.3 Å². The second-order valence-corrected chi connectivity index (χ2v) is 22.3. The molecule has 1 fully saturated rings. The molecule has 12 atom stereocenters. The minimum atomic E-state index is -1.66. The summed E-state index contributed by atoms with van der Waals surface area (Å²) in [6.07, 6.45) is -0.688. The molecule has 468 valence electrons. The third-order valence-electron chi connectivity index (χ3n) is 14.7. The van der Waals surface area contributed by atoms with Crippen molar-refractivity contribution in [2.45, 2.75) is 192 Å². The first-order valence-corrected chi connectivity index (χ1v) is 29.5. The Bertz CT molecular complexity index is 2250. The molecule has 1 aliphatic rings. The van der Waals surface area contributed by atoms with Crippen molar-refractivity contribution in [3.8, 4) is 0 Å². The summed E-state index contributed by atoms with van der Waals surface area (Å²) in [6, 6.07) is -0.0393. The predicted molar refractivity (Wildman–Crippen MR) is 310 cm³/mol. The van der Waals surface area contributed by atoms with Crippen LogP contribution in [0, 0.1) is 29.6 Å². The molecule has 0 saturated carbocycles. The number of benzene rings is 1. The zero-order chi connectivity index (χ0) is 62.2. The highest BCUT2D eigenvalue weighted by Crippen LogP contribution is 2.20. The van der Waals surface area contributed by atoms with Crippen LogP contribution in [0.2, 0.25) is 0 Å². The Labute approximate surface area is 488 Å². The maximum atomic E-state index is 14.5. The summed E-state index contributed by atoms with van der Waals surface area (Å²) in [6.45, 7) is 6.46. The van der Waals surface area contributed by atoms with Gasteiger partial charge in [0.2, 0.25) is 41.4 Å². The van der Waals surface area contributed by atoms with Crippen LogP contribution in [-0.4, -0.2) is 168 Å². The molecule has 25 heteroatoms. The summed E-state index contributed by atoms with van der Waals surface area (Å²) in [7, 11) is 0. The Kier molecular flexibility index (Phi) is 34.7. The quantitative estimate of drug-likeness (QED) is 0.0391. The lowest BCUT2D eigenvalue weighted by Gasteiger charge is -2.27. The van der Waals surface area contributed by atoms with E-state index in [1.807, 2.05) is 13.8 Å². The van der Waals surface area contributed by atoms with E-state index in [1.165, 1.54) is 13.8 Å². The molecule has 1 heterocycles. The van der Waals surface area contributed by atoms with E-state index in [1.54, 1.807) is 30.3 Å². The number of carbonyl (C=O) groups excluding carboxylic acids is 11. The molecule has 0 spiro atoms. The average molecular weight is 1170 g/mol. The van der Waals surface area contributed by atoms with Gasteiger partial charge in [0.15, 0.2) is 17.3 Å².